The molecule has 1 heterocycles. The maximum atomic E-state index is 12.1. The van der Waals surface area contributed by atoms with Crippen LogP contribution in [0.4, 0.5) is 0 Å². The summed E-state index contributed by atoms with van der Waals surface area (Å²) in [7, 11) is 0. The van der Waals surface area contributed by atoms with Gasteiger partial charge in [0.2, 0.25) is 5.91 Å². The third-order valence-electron chi connectivity index (χ3n) is 3.41. The average Bonchev–Trinajstić information content (AvgIpc) is 2.88. The maximum absolute atomic E-state index is 12.1. The number of thioether (sulfide) groups is 1. The Morgan fingerprint density at radius 2 is 2.19 bits per heavy atom. The van der Waals surface area contributed by atoms with Crippen molar-refractivity contribution >= 4 is 28.6 Å². The molecule has 21 heavy (non-hydrogen) atoms. The van der Waals surface area contributed by atoms with E-state index in [9.17, 15) is 4.79 Å². The van der Waals surface area contributed by atoms with Crippen molar-refractivity contribution < 1.29 is 4.79 Å². The second-order valence-corrected chi connectivity index (χ2v) is 6.56. The summed E-state index contributed by atoms with van der Waals surface area (Å²) in [6.45, 7) is 4.13. The molecule has 4 N–H and O–H groups in total. The number of carbonyl (C=O) groups is 1. The van der Waals surface area contributed by atoms with Crippen molar-refractivity contribution in [3.05, 3.63) is 36.0 Å². The fraction of sp³-hybridized carbons (Fsp3) is 0.438. The average molecular weight is 305 g/mol. The van der Waals surface area contributed by atoms with Gasteiger partial charge >= 0.3 is 0 Å². The zero-order chi connectivity index (χ0) is 15.2. The van der Waals surface area contributed by atoms with Crippen LogP contribution in [0.15, 0.2) is 30.5 Å². The van der Waals surface area contributed by atoms with Crippen LogP contribution in [0.5, 0.6) is 0 Å². The van der Waals surface area contributed by atoms with Gasteiger partial charge in [-0.3, -0.25) is 4.79 Å². The standard InChI is InChI=1S/C16H23N3OS/c1-3-21-10-11(2)19-16(20)14(17)8-12-9-18-15-7-5-4-6-13(12)15/h4-7,9,11,14,18H,3,8,10,17H2,1-2H3,(H,19,20). The Hall–Kier alpha value is -1.46. The molecular formula is C16H23N3OS. The highest BCUT2D eigenvalue weighted by Gasteiger charge is 2.17. The van der Waals surface area contributed by atoms with Gasteiger partial charge in [0.15, 0.2) is 0 Å². The van der Waals surface area contributed by atoms with E-state index < -0.39 is 6.04 Å². The summed E-state index contributed by atoms with van der Waals surface area (Å²) in [6.07, 6.45) is 2.48. The quantitative estimate of drug-likeness (QED) is 0.735. The normalized spacial score (nSPS) is 14.0. The van der Waals surface area contributed by atoms with Crippen LogP contribution in [-0.4, -0.2) is 34.5 Å². The van der Waals surface area contributed by atoms with Gasteiger partial charge in [0.25, 0.3) is 0 Å². The van der Waals surface area contributed by atoms with Gasteiger partial charge in [-0.1, -0.05) is 25.1 Å². The Morgan fingerprint density at radius 1 is 1.43 bits per heavy atom. The predicted molar refractivity (Wildman–Crippen MR) is 90.6 cm³/mol. The van der Waals surface area contributed by atoms with E-state index in [1.165, 1.54) is 0 Å². The molecule has 0 aliphatic rings. The van der Waals surface area contributed by atoms with Gasteiger partial charge in [-0.05, 0) is 30.7 Å². The molecular weight excluding hydrogens is 282 g/mol. The van der Waals surface area contributed by atoms with Crippen LogP contribution in [0.1, 0.15) is 19.4 Å². The third-order valence-corrected chi connectivity index (χ3v) is 4.56. The number of rotatable bonds is 7. The van der Waals surface area contributed by atoms with Crippen LogP contribution >= 0.6 is 11.8 Å². The van der Waals surface area contributed by atoms with Crippen LogP contribution in [0.3, 0.4) is 0 Å². The zero-order valence-corrected chi connectivity index (χ0v) is 13.4. The van der Waals surface area contributed by atoms with Crippen molar-refractivity contribution in [3.63, 3.8) is 0 Å². The highest BCUT2D eigenvalue weighted by Crippen LogP contribution is 2.18. The molecule has 2 atom stereocenters. The molecule has 0 saturated heterocycles. The molecule has 0 spiro atoms. The summed E-state index contributed by atoms with van der Waals surface area (Å²) in [5, 5.41) is 4.11. The fourth-order valence-corrected chi connectivity index (χ4v) is 2.99. The van der Waals surface area contributed by atoms with Crippen molar-refractivity contribution in [1.29, 1.82) is 0 Å². The number of nitrogens with one attached hydrogen (secondary N) is 2. The van der Waals surface area contributed by atoms with E-state index >= 15 is 0 Å². The molecule has 0 fully saturated rings. The van der Waals surface area contributed by atoms with Crippen molar-refractivity contribution in [1.82, 2.24) is 10.3 Å². The number of hydrogen-bond acceptors (Lipinski definition) is 3. The highest BCUT2D eigenvalue weighted by molar-refractivity contribution is 7.99. The number of benzene rings is 1. The molecule has 2 aromatic rings. The molecule has 0 bridgehead atoms. The lowest BCUT2D eigenvalue weighted by Crippen LogP contribution is -2.46. The van der Waals surface area contributed by atoms with E-state index in [2.05, 4.69) is 17.2 Å². The minimum absolute atomic E-state index is 0.0792. The Labute approximate surface area is 129 Å². The second kappa shape index (κ2) is 7.52. The number of nitrogens with two attached hydrogens (primary N) is 1. The van der Waals surface area contributed by atoms with E-state index in [1.807, 2.05) is 49.1 Å². The SMILES string of the molecule is CCSCC(C)NC(=O)C(N)Cc1c[nH]c2ccccc12. The van der Waals surface area contributed by atoms with Crippen LogP contribution in [0, 0.1) is 0 Å². The number of para-hydroxylation sites is 1. The lowest BCUT2D eigenvalue weighted by atomic mass is 10.0. The van der Waals surface area contributed by atoms with Gasteiger partial charge in [0.1, 0.15) is 0 Å². The molecule has 0 aliphatic carbocycles. The van der Waals surface area contributed by atoms with E-state index in [-0.39, 0.29) is 11.9 Å². The highest BCUT2D eigenvalue weighted by atomic mass is 32.2. The molecule has 1 amide bonds. The lowest BCUT2D eigenvalue weighted by molar-refractivity contribution is -0.122. The van der Waals surface area contributed by atoms with Crippen LogP contribution in [0.25, 0.3) is 10.9 Å². The van der Waals surface area contributed by atoms with Gasteiger partial charge in [-0.25, -0.2) is 0 Å². The molecule has 1 aromatic heterocycles. The molecule has 0 aliphatic heterocycles. The fourth-order valence-electron chi connectivity index (χ4n) is 2.32. The summed E-state index contributed by atoms with van der Waals surface area (Å²) in [5.41, 5.74) is 8.21. The number of aromatic amines is 1. The van der Waals surface area contributed by atoms with Gasteiger partial charge < -0.3 is 16.0 Å². The maximum Gasteiger partial charge on any atom is 0.237 e. The first-order valence-corrected chi connectivity index (χ1v) is 8.46. The third kappa shape index (κ3) is 4.25. The predicted octanol–water partition coefficient (Wildman–Crippen LogP) is 2.30. The topological polar surface area (TPSA) is 70.9 Å². The minimum atomic E-state index is -0.515. The Morgan fingerprint density at radius 3 is 2.95 bits per heavy atom. The smallest absolute Gasteiger partial charge is 0.237 e. The molecule has 0 radical (unpaired) electrons. The van der Waals surface area contributed by atoms with E-state index in [4.69, 9.17) is 5.73 Å². The number of aromatic nitrogens is 1. The Balaban J connectivity index is 1.94. The Bertz CT molecular complexity index is 596. The van der Waals surface area contributed by atoms with E-state index in [1.54, 1.807) is 0 Å². The number of hydrogen-bond donors (Lipinski definition) is 3. The van der Waals surface area contributed by atoms with Crippen LogP contribution in [0.2, 0.25) is 0 Å². The molecule has 5 heteroatoms. The van der Waals surface area contributed by atoms with E-state index in [0.29, 0.717) is 6.42 Å². The molecule has 1 aromatic carbocycles. The number of amides is 1. The van der Waals surface area contributed by atoms with E-state index in [0.717, 1.165) is 28.0 Å². The number of carbonyl (C=O) groups excluding carboxylic acids is 1. The summed E-state index contributed by atoms with van der Waals surface area (Å²) in [5.74, 6) is 1.90. The van der Waals surface area contributed by atoms with Crippen molar-refractivity contribution in [3.8, 4) is 0 Å². The molecule has 114 valence electrons. The second-order valence-electron chi connectivity index (χ2n) is 5.24. The van der Waals surface area contributed by atoms with Crippen LogP contribution in [-0.2, 0) is 11.2 Å². The molecule has 2 unspecified atom stereocenters. The zero-order valence-electron chi connectivity index (χ0n) is 12.6. The van der Waals surface area contributed by atoms with Gasteiger partial charge in [-0.2, -0.15) is 11.8 Å². The minimum Gasteiger partial charge on any atom is -0.361 e. The lowest BCUT2D eigenvalue weighted by Gasteiger charge is -2.17. The molecule has 4 nitrogen and oxygen atoms in total. The summed E-state index contributed by atoms with van der Waals surface area (Å²) in [6, 6.07) is 7.69. The van der Waals surface area contributed by atoms with Crippen molar-refractivity contribution in [2.24, 2.45) is 5.73 Å². The monoisotopic (exact) mass is 305 g/mol. The van der Waals surface area contributed by atoms with Crippen molar-refractivity contribution in [2.75, 3.05) is 11.5 Å². The largest absolute Gasteiger partial charge is 0.361 e. The van der Waals surface area contributed by atoms with Gasteiger partial charge in [0, 0.05) is 28.9 Å². The van der Waals surface area contributed by atoms with Gasteiger partial charge in [-0.15, -0.1) is 0 Å². The summed E-state index contributed by atoms with van der Waals surface area (Å²) in [4.78, 5) is 15.3. The number of fused-ring (bicyclic) bond motifs is 1. The van der Waals surface area contributed by atoms with Crippen molar-refractivity contribution in [2.45, 2.75) is 32.4 Å². The van der Waals surface area contributed by atoms with Crippen LogP contribution < -0.4 is 11.1 Å². The number of H-pyrrole nitrogens is 1. The molecule has 2 rings (SSSR count). The Kier molecular flexibility index (Phi) is 5.70. The first-order valence-electron chi connectivity index (χ1n) is 7.30. The summed E-state index contributed by atoms with van der Waals surface area (Å²) >= 11 is 1.82. The van der Waals surface area contributed by atoms with Gasteiger partial charge in [0.05, 0.1) is 6.04 Å². The first kappa shape index (κ1) is 15.9. The molecule has 0 saturated carbocycles. The first-order chi connectivity index (χ1) is 10.1. The summed E-state index contributed by atoms with van der Waals surface area (Å²) < 4.78 is 0.